The van der Waals surface area contributed by atoms with Crippen LogP contribution in [0.5, 0.6) is 5.75 Å². The van der Waals surface area contributed by atoms with Crippen LogP contribution in [0.3, 0.4) is 0 Å². The quantitative estimate of drug-likeness (QED) is 0.808. The van der Waals surface area contributed by atoms with Crippen LogP contribution in [-0.2, 0) is 14.4 Å². The maximum Gasteiger partial charge on any atom is 0.322 e. The highest BCUT2D eigenvalue weighted by Gasteiger charge is 2.32. The lowest BCUT2D eigenvalue weighted by molar-refractivity contribution is -0.137. The fourth-order valence-corrected chi connectivity index (χ4v) is 1.90. The van der Waals surface area contributed by atoms with Crippen molar-refractivity contribution >= 4 is 23.5 Å². The molecule has 1 aliphatic rings. The Hall–Kier alpha value is -2.57. The van der Waals surface area contributed by atoms with Gasteiger partial charge in [0.05, 0.1) is 5.69 Å². The molecule has 0 aliphatic carbocycles. The van der Waals surface area contributed by atoms with E-state index >= 15 is 0 Å². The number of ether oxygens (including phenoxy) is 1. The zero-order valence-corrected chi connectivity index (χ0v) is 10.8. The Kier molecular flexibility index (Phi) is 3.88. The van der Waals surface area contributed by atoms with Crippen molar-refractivity contribution in [2.24, 2.45) is 0 Å². The molecule has 2 amide bonds. The van der Waals surface area contributed by atoms with Crippen LogP contribution < -0.4 is 15.0 Å². The van der Waals surface area contributed by atoms with E-state index in [1.54, 1.807) is 31.2 Å². The second-order valence-corrected chi connectivity index (χ2v) is 4.32. The third-order valence-electron chi connectivity index (χ3n) is 2.81. The molecule has 20 heavy (non-hydrogen) atoms. The van der Waals surface area contributed by atoms with Crippen LogP contribution >= 0.6 is 0 Å². The minimum Gasteiger partial charge on any atom is -0.480 e. The van der Waals surface area contributed by atoms with Crippen molar-refractivity contribution in [2.75, 3.05) is 18.0 Å². The zero-order chi connectivity index (χ0) is 14.7. The molecule has 1 aromatic carbocycles. The third-order valence-corrected chi connectivity index (χ3v) is 2.81. The molecule has 106 valence electrons. The standard InChI is InChI=1S/C13H14N2O5/c1-8-13(19)15(7-11(16)14-6-12(17)18)9-4-2-3-5-10(9)20-8/h2-5,8H,6-7H2,1H3,(H,14,16)(H,17,18). The van der Waals surface area contributed by atoms with Crippen molar-refractivity contribution < 1.29 is 24.2 Å². The maximum atomic E-state index is 12.1. The lowest BCUT2D eigenvalue weighted by Gasteiger charge is -2.32. The first-order chi connectivity index (χ1) is 9.49. The van der Waals surface area contributed by atoms with Gasteiger partial charge in [0.2, 0.25) is 5.91 Å². The van der Waals surface area contributed by atoms with Gasteiger partial charge in [-0.3, -0.25) is 19.3 Å². The SMILES string of the molecule is CC1Oc2ccccc2N(CC(=O)NCC(=O)O)C1=O. The Morgan fingerprint density at radius 1 is 1.40 bits per heavy atom. The summed E-state index contributed by atoms with van der Waals surface area (Å²) in [5.41, 5.74) is 0.501. The van der Waals surface area contributed by atoms with Crippen molar-refractivity contribution in [1.82, 2.24) is 5.32 Å². The number of rotatable bonds is 4. The van der Waals surface area contributed by atoms with Gasteiger partial charge in [-0.1, -0.05) is 12.1 Å². The predicted octanol–water partition coefficient (Wildman–Crippen LogP) is 0.00130. The Labute approximate surface area is 115 Å². The Bertz CT molecular complexity index is 557. The smallest absolute Gasteiger partial charge is 0.322 e. The number of benzene rings is 1. The van der Waals surface area contributed by atoms with Gasteiger partial charge in [0.1, 0.15) is 18.8 Å². The first-order valence-corrected chi connectivity index (χ1v) is 6.04. The van der Waals surface area contributed by atoms with Crippen LogP contribution in [0.4, 0.5) is 5.69 Å². The van der Waals surface area contributed by atoms with Crippen LogP contribution in [-0.4, -0.2) is 42.1 Å². The molecule has 2 N–H and O–H groups in total. The number of carbonyl (C=O) groups excluding carboxylic acids is 2. The van der Waals surface area contributed by atoms with Gasteiger partial charge < -0.3 is 15.2 Å². The average Bonchev–Trinajstić information content (AvgIpc) is 2.41. The molecule has 1 aromatic rings. The summed E-state index contributed by atoms with van der Waals surface area (Å²) in [6, 6.07) is 6.88. The monoisotopic (exact) mass is 278 g/mol. The number of carboxylic acid groups (broad SMARTS) is 1. The normalized spacial score (nSPS) is 17.1. The molecule has 1 unspecified atom stereocenters. The molecular weight excluding hydrogens is 264 g/mol. The topological polar surface area (TPSA) is 95.9 Å². The fraction of sp³-hybridized carbons (Fsp3) is 0.308. The molecule has 1 heterocycles. The van der Waals surface area contributed by atoms with Crippen LogP contribution in [0.15, 0.2) is 24.3 Å². The number of hydrogen-bond donors (Lipinski definition) is 2. The summed E-state index contributed by atoms with van der Waals surface area (Å²) in [5.74, 6) is -1.50. The number of aliphatic carboxylic acids is 1. The number of anilines is 1. The zero-order valence-electron chi connectivity index (χ0n) is 10.8. The highest BCUT2D eigenvalue weighted by molar-refractivity contribution is 6.03. The minimum absolute atomic E-state index is 0.239. The van der Waals surface area contributed by atoms with Crippen LogP contribution in [0.2, 0.25) is 0 Å². The number of amides is 2. The molecule has 0 saturated heterocycles. The summed E-state index contributed by atoms with van der Waals surface area (Å²) in [6.45, 7) is 0.881. The summed E-state index contributed by atoms with van der Waals surface area (Å²) in [7, 11) is 0. The predicted molar refractivity (Wildman–Crippen MR) is 69.5 cm³/mol. The summed E-state index contributed by atoms with van der Waals surface area (Å²) in [5, 5.41) is 10.7. The molecule has 0 saturated carbocycles. The lowest BCUT2D eigenvalue weighted by atomic mass is 10.2. The first-order valence-electron chi connectivity index (χ1n) is 6.04. The van der Waals surface area contributed by atoms with Gasteiger partial charge in [0, 0.05) is 0 Å². The molecular formula is C13H14N2O5. The molecule has 7 heteroatoms. The van der Waals surface area contributed by atoms with Crippen molar-refractivity contribution in [3.8, 4) is 5.75 Å². The highest BCUT2D eigenvalue weighted by atomic mass is 16.5. The van der Waals surface area contributed by atoms with E-state index in [0.717, 1.165) is 0 Å². The summed E-state index contributed by atoms with van der Waals surface area (Å²) in [4.78, 5) is 35.4. The number of para-hydroxylation sites is 2. The number of nitrogens with one attached hydrogen (secondary N) is 1. The molecule has 0 radical (unpaired) electrons. The van der Waals surface area contributed by atoms with Crippen molar-refractivity contribution in [1.29, 1.82) is 0 Å². The summed E-state index contributed by atoms with van der Waals surface area (Å²) < 4.78 is 5.44. The Balaban J connectivity index is 2.15. The largest absolute Gasteiger partial charge is 0.480 e. The average molecular weight is 278 g/mol. The first kappa shape index (κ1) is 13.9. The van der Waals surface area contributed by atoms with Gasteiger partial charge in [-0.25, -0.2) is 0 Å². The van der Waals surface area contributed by atoms with Gasteiger partial charge in [0.15, 0.2) is 6.10 Å². The fourth-order valence-electron chi connectivity index (χ4n) is 1.90. The van der Waals surface area contributed by atoms with Gasteiger partial charge in [-0.05, 0) is 19.1 Å². The second-order valence-electron chi connectivity index (χ2n) is 4.32. The molecule has 0 aromatic heterocycles. The number of nitrogens with zero attached hydrogens (tertiary/aromatic N) is 1. The number of carbonyl (C=O) groups is 3. The minimum atomic E-state index is -1.14. The van der Waals surface area contributed by atoms with Gasteiger partial charge >= 0.3 is 5.97 Å². The summed E-state index contributed by atoms with van der Waals surface area (Å²) in [6.07, 6.45) is -0.683. The van der Waals surface area contributed by atoms with Crippen molar-refractivity contribution in [2.45, 2.75) is 13.0 Å². The Morgan fingerprint density at radius 3 is 2.80 bits per heavy atom. The Morgan fingerprint density at radius 2 is 2.10 bits per heavy atom. The number of carboxylic acids is 1. The molecule has 1 atom stereocenters. The molecule has 0 fully saturated rings. The second kappa shape index (κ2) is 5.60. The van der Waals surface area contributed by atoms with Crippen LogP contribution in [0, 0.1) is 0 Å². The third kappa shape index (κ3) is 2.87. The molecule has 7 nitrogen and oxygen atoms in total. The van der Waals surface area contributed by atoms with E-state index in [9.17, 15) is 14.4 Å². The van der Waals surface area contributed by atoms with Crippen molar-refractivity contribution in [3.63, 3.8) is 0 Å². The number of fused-ring (bicyclic) bond motifs is 1. The van der Waals surface area contributed by atoms with E-state index in [-0.39, 0.29) is 12.5 Å². The lowest BCUT2D eigenvalue weighted by Crippen LogP contribution is -2.49. The van der Waals surface area contributed by atoms with E-state index in [0.29, 0.717) is 11.4 Å². The number of hydrogen-bond acceptors (Lipinski definition) is 4. The van der Waals surface area contributed by atoms with Crippen molar-refractivity contribution in [3.05, 3.63) is 24.3 Å². The summed E-state index contributed by atoms with van der Waals surface area (Å²) >= 11 is 0. The maximum absolute atomic E-state index is 12.1. The molecule has 0 spiro atoms. The van der Waals surface area contributed by atoms with Crippen LogP contribution in [0.1, 0.15) is 6.92 Å². The van der Waals surface area contributed by atoms with E-state index in [1.807, 2.05) is 0 Å². The van der Waals surface area contributed by atoms with E-state index in [1.165, 1.54) is 4.90 Å². The van der Waals surface area contributed by atoms with Gasteiger partial charge in [-0.2, -0.15) is 0 Å². The van der Waals surface area contributed by atoms with E-state index in [4.69, 9.17) is 9.84 Å². The van der Waals surface area contributed by atoms with E-state index in [2.05, 4.69) is 5.32 Å². The van der Waals surface area contributed by atoms with Crippen LogP contribution in [0.25, 0.3) is 0 Å². The van der Waals surface area contributed by atoms with E-state index < -0.39 is 24.5 Å². The molecule has 1 aliphatic heterocycles. The molecule has 2 rings (SSSR count). The molecule has 0 bridgehead atoms. The highest BCUT2D eigenvalue weighted by Crippen LogP contribution is 2.33. The van der Waals surface area contributed by atoms with Gasteiger partial charge in [0.25, 0.3) is 5.91 Å². The van der Waals surface area contributed by atoms with Gasteiger partial charge in [-0.15, -0.1) is 0 Å².